The van der Waals surface area contributed by atoms with Crippen LogP contribution in [0.4, 0.5) is 11.8 Å². The molecule has 3 aromatic rings. The van der Waals surface area contributed by atoms with Gasteiger partial charge in [0.05, 0.1) is 12.6 Å². The first-order valence-electron chi connectivity index (χ1n) is 11.0. The van der Waals surface area contributed by atoms with Gasteiger partial charge >= 0.3 is 0 Å². The Labute approximate surface area is 177 Å². The first-order valence-corrected chi connectivity index (χ1v) is 11.0. The van der Waals surface area contributed by atoms with Crippen LogP contribution in [0.2, 0.25) is 0 Å². The lowest BCUT2D eigenvalue weighted by Gasteiger charge is -2.34. The summed E-state index contributed by atoms with van der Waals surface area (Å²) in [5, 5.41) is 9.07. The van der Waals surface area contributed by atoms with E-state index in [1.54, 1.807) is 0 Å². The van der Waals surface area contributed by atoms with Gasteiger partial charge in [0.2, 0.25) is 5.95 Å². The van der Waals surface area contributed by atoms with Crippen LogP contribution in [-0.2, 0) is 19.4 Å². The summed E-state index contributed by atoms with van der Waals surface area (Å²) in [7, 11) is 0. The SMILES string of the molecule is Cc1cc(N2Cc3nnc(CCc4ccccc4)n3[C@@H](C)C2)nc(N2CCCC2)n1. The molecule has 0 spiro atoms. The molecule has 2 aromatic heterocycles. The van der Waals surface area contributed by atoms with Crippen LogP contribution in [0, 0.1) is 6.92 Å². The minimum absolute atomic E-state index is 0.306. The smallest absolute Gasteiger partial charge is 0.227 e. The monoisotopic (exact) mass is 403 g/mol. The Morgan fingerprint density at radius 1 is 0.967 bits per heavy atom. The maximum absolute atomic E-state index is 4.91. The van der Waals surface area contributed by atoms with Gasteiger partial charge < -0.3 is 14.4 Å². The molecule has 1 saturated heterocycles. The predicted molar refractivity (Wildman–Crippen MR) is 118 cm³/mol. The highest BCUT2D eigenvalue weighted by molar-refractivity contribution is 5.47. The van der Waals surface area contributed by atoms with Gasteiger partial charge in [-0.05, 0) is 38.7 Å². The molecule has 156 valence electrons. The molecule has 0 aliphatic carbocycles. The van der Waals surface area contributed by atoms with Crippen molar-refractivity contribution in [3.8, 4) is 0 Å². The minimum atomic E-state index is 0.306. The molecule has 7 heteroatoms. The number of hydrogen-bond donors (Lipinski definition) is 0. The second kappa shape index (κ2) is 8.05. The van der Waals surface area contributed by atoms with Crippen molar-refractivity contribution < 1.29 is 0 Å². The predicted octanol–water partition coefficient (Wildman–Crippen LogP) is 3.34. The Hall–Kier alpha value is -2.96. The van der Waals surface area contributed by atoms with E-state index in [1.165, 1.54) is 18.4 Å². The first kappa shape index (κ1) is 19.0. The zero-order valence-corrected chi connectivity index (χ0v) is 17.8. The Balaban J connectivity index is 1.35. The normalized spacial score (nSPS) is 18.7. The molecule has 1 atom stereocenters. The van der Waals surface area contributed by atoms with Crippen molar-refractivity contribution in [2.24, 2.45) is 0 Å². The van der Waals surface area contributed by atoms with Crippen LogP contribution in [-0.4, -0.2) is 44.4 Å². The molecule has 0 amide bonds. The van der Waals surface area contributed by atoms with E-state index >= 15 is 0 Å². The fraction of sp³-hybridized carbons (Fsp3) is 0.478. The molecule has 1 fully saturated rings. The molecule has 0 radical (unpaired) electrons. The number of benzene rings is 1. The average molecular weight is 404 g/mol. The fourth-order valence-corrected chi connectivity index (χ4v) is 4.62. The third-order valence-corrected chi connectivity index (χ3v) is 6.12. The Kier molecular flexibility index (Phi) is 5.11. The van der Waals surface area contributed by atoms with Gasteiger partial charge in [0.25, 0.3) is 0 Å². The largest absolute Gasteiger partial charge is 0.347 e. The van der Waals surface area contributed by atoms with Gasteiger partial charge in [0.15, 0.2) is 5.82 Å². The van der Waals surface area contributed by atoms with Crippen molar-refractivity contribution in [2.75, 3.05) is 29.4 Å². The minimum Gasteiger partial charge on any atom is -0.347 e. The van der Waals surface area contributed by atoms with E-state index in [1.807, 2.05) is 0 Å². The molecular weight excluding hydrogens is 374 g/mol. The zero-order valence-electron chi connectivity index (χ0n) is 17.8. The van der Waals surface area contributed by atoms with Crippen molar-refractivity contribution in [2.45, 2.75) is 52.1 Å². The topological polar surface area (TPSA) is 63.0 Å². The zero-order chi connectivity index (χ0) is 20.5. The van der Waals surface area contributed by atoms with E-state index in [0.717, 1.165) is 68.1 Å². The van der Waals surface area contributed by atoms with E-state index in [9.17, 15) is 0 Å². The number of nitrogens with zero attached hydrogens (tertiary/aromatic N) is 7. The Morgan fingerprint density at radius 2 is 1.77 bits per heavy atom. The van der Waals surface area contributed by atoms with Crippen LogP contribution < -0.4 is 9.80 Å². The number of aryl methyl sites for hydroxylation is 3. The highest BCUT2D eigenvalue weighted by atomic mass is 15.4. The molecule has 0 unspecified atom stereocenters. The number of hydrogen-bond acceptors (Lipinski definition) is 6. The lowest BCUT2D eigenvalue weighted by Crippen LogP contribution is -2.38. The summed E-state index contributed by atoms with van der Waals surface area (Å²) in [5.74, 6) is 3.97. The van der Waals surface area contributed by atoms with Gasteiger partial charge in [-0.3, -0.25) is 0 Å². The van der Waals surface area contributed by atoms with E-state index in [4.69, 9.17) is 4.98 Å². The van der Waals surface area contributed by atoms with Crippen molar-refractivity contribution >= 4 is 11.8 Å². The van der Waals surface area contributed by atoms with Gasteiger partial charge in [-0.2, -0.15) is 4.98 Å². The summed E-state index contributed by atoms with van der Waals surface area (Å²) < 4.78 is 2.33. The van der Waals surface area contributed by atoms with Crippen LogP contribution in [0.5, 0.6) is 0 Å². The fourth-order valence-electron chi connectivity index (χ4n) is 4.62. The summed E-state index contributed by atoms with van der Waals surface area (Å²) in [4.78, 5) is 14.2. The molecule has 30 heavy (non-hydrogen) atoms. The van der Waals surface area contributed by atoms with Gasteiger partial charge in [-0.1, -0.05) is 30.3 Å². The third kappa shape index (κ3) is 3.76. The van der Waals surface area contributed by atoms with E-state index in [2.05, 4.69) is 79.8 Å². The summed E-state index contributed by atoms with van der Waals surface area (Å²) in [6, 6.07) is 13.0. The van der Waals surface area contributed by atoms with E-state index in [0.29, 0.717) is 6.04 Å². The van der Waals surface area contributed by atoms with Gasteiger partial charge in [0, 0.05) is 37.8 Å². The van der Waals surface area contributed by atoms with Crippen molar-refractivity contribution in [3.63, 3.8) is 0 Å². The highest BCUT2D eigenvalue weighted by Crippen LogP contribution is 2.28. The van der Waals surface area contributed by atoms with Gasteiger partial charge in [0.1, 0.15) is 11.6 Å². The summed E-state index contributed by atoms with van der Waals surface area (Å²) in [6.45, 7) is 8.05. The molecule has 0 N–H and O–H groups in total. The molecule has 0 bridgehead atoms. The molecular formula is C23H29N7. The Bertz CT molecular complexity index is 1010. The number of fused-ring (bicyclic) bond motifs is 1. The third-order valence-electron chi connectivity index (χ3n) is 6.12. The lowest BCUT2D eigenvalue weighted by atomic mass is 10.1. The molecule has 2 aliphatic rings. The first-order chi connectivity index (χ1) is 14.7. The quantitative estimate of drug-likeness (QED) is 0.651. The summed E-state index contributed by atoms with van der Waals surface area (Å²) >= 11 is 0. The molecule has 2 aliphatic heterocycles. The van der Waals surface area contributed by atoms with Crippen LogP contribution in [0.15, 0.2) is 36.4 Å². The molecule has 1 aromatic carbocycles. The number of rotatable bonds is 5. The van der Waals surface area contributed by atoms with E-state index in [-0.39, 0.29) is 0 Å². The lowest BCUT2D eigenvalue weighted by molar-refractivity contribution is 0.446. The molecule has 5 rings (SSSR count). The summed E-state index contributed by atoms with van der Waals surface area (Å²) in [6.07, 6.45) is 4.34. The van der Waals surface area contributed by atoms with Gasteiger partial charge in [-0.15, -0.1) is 10.2 Å². The van der Waals surface area contributed by atoms with Crippen LogP contribution in [0.3, 0.4) is 0 Å². The summed E-state index contributed by atoms with van der Waals surface area (Å²) in [5.41, 5.74) is 2.36. The highest BCUT2D eigenvalue weighted by Gasteiger charge is 2.28. The van der Waals surface area contributed by atoms with Crippen molar-refractivity contribution in [1.29, 1.82) is 0 Å². The number of anilines is 2. The van der Waals surface area contributed by atoms with Gasteiger partial charge in [-0.25, -0.2) is 4.98 Å². The molecule has 0 saturated carbocycles. The maximum Gasteiger partial charge on any atom is 0.227 e. The molecule has 7 nitrogen and oxygen atoms in total. The van der Waals surface area contributed by atoms with Crippen LogP contribution in [0.25, 0.3) is 0 Å². The maximum atomic E-state index is 4.91. The standard InChI is InChI=1S/C23H29N7/c1-17-14-21(25-23(24-17)28-12-6-7-13-28)29-15-18(2)30-20(26-27-22(30)16-29)11-10-19-8-4-3-5-9-19/h3-5,8-9,14,18H,6-7,10-13,15-16H2,1-2H3/t18-/m0/s1. The molecule has 4 heterocycles. The number of aromatic nitrogens is 5. The second-order valence-corrected chi connectivity index (χ2v) is 8.48. The average Bonchev–Trinajstić information content (AvgIpc) is 3.43. The van der Waals surface area contributed by atoms with Crippen LogP contribution >= 0.6 is 0 Å². The van der Waals surface area contributed by atoms with E-state index < -0.39 is 0 Å². The van der Waals surface area contributed by atoms with Crippen molar-refractivity contribution in [3.05, 3.63) is 59.3 Å². The van der Waals surface area contributed by atoms with Crippen molar-refractivity contribution in [1.82, 2.24) is 24.7 Å². The Morgan fingerprint density at radius 3 is 2.57 bits per heavy atom. The second-order valence-electron chi connectivity index (χ2n) is 8.48. The van der Waals surface area contributed by atoms with Crippen LogP contribution in [0.1, 0.15) is 48.7 Å².